The predicted molar refractivity (Wildman–Crippen MR) is 148 cm³/mol. The summed E-state index contributed by atoms with van der Waals surface area (Å²) in [6.07, 6.45) is 2.15. The van der Waals surface area contributed by atoms with Crippen LogP contribution in [0.3, 0.4) is 0 Å². The second-order valence-electron chi connectivity index (χ2n) is 11.2. The molecule has 1 aromatic carbocycles. The molecule has 1 saturated heterocycles. The zero-order valence-electron chi connectivity index (χ0n) is 23.0. The van der Waals surface area contributed by atoms with Crippen molar-refractivity contribution in [2.24, 2.45) is 7.05 Å². The van der Waals surface area contributed by atoms with Crippen LogP contribution in [0.25, 0.3) is 11.1 Å². The van der Waals surface area contributed by atoms with Crippen molar-refractivity contribution >= 4 is 27.2 Å². The lowest BCUT2D eigenvalue weighted by molar-refractivity contribution is -0.129. The minimum atomic E-state index is -3.04. The van der Waals surface area contributed by atoms with E-state index < -0.39 is 16.3 Å². The minimum Gasteiger partial charge on any atom is -0.338 e. The van der Waals surface area contributed by atoms with E-state index in [1.165, 1.54) is 0 Å². The number of amides is 1. The van der Waals surface area contributed by atoms with Gasteiger partial charge in [-0.1, -0.05) is 0 Å². The standard InChI is InChI=1S/C28H34F2N6O3S/c1-17-23(15-31-33(17)3)21-13-19-5-4-9-35(26(19)14-22(21)27(29)30)28-24-16-34(18(2)37)10-6-25(24)36(32-28)20-7-11-40(38,39)12-8-20/h13-15,20,27H,4-12,16H2,1-3H3. The van der Waals surface area contributed by atoms with Crippen LogP contribution in [0.4, 0.5) is 20.3 Å². The number of halogens is 2. The van der Waals surface area contributed by atoms with Crippen LogP contribution in [-0.2, 0) is 41.1 Å². The van der Waals surface area contributed by atoms with Crippen molar-refractivity contribution in [3.63, 3.8) is 0 Å². The maximum atomic E-state index is 14.5. The van der Waals surface area contributed by atoms with Crippen molar-refractivity contribution in [1.82, 2.24) is 24.5 Å². The molecule has 1 amide bonds. The van der Waals surface area contributed by atoms with Crippen LogP contribution in [-0.4, -0.2) is 63.4 Å². The third-order valence-electron chi connectivity index (χ3n) is 8.77. The molecular weight excluding hydrogens is 538 g/mol. The molecule has 0 bridgehead atoms. The summed E-state index contributed by atoms with van der Waals surface area (Å²) in [4.78, 5) is 16.1. The predicted octanol–water partition coefficient (Wildman–Crippen LogP) is 4.27. The molecule has 0 spiro atoms. The van der Waals surface area contributed by atoms with Crippen molar-refractivity contribution in [3.8, 4) is 11.1 Å². The number of fused-ring (bicyclic) bond motifs is 2. The summed E-state index contributed by atoms with van der Waals surface area (Å²) in [6.45, 7) is 5.00. The topological polar surface area (TPSA) is 93.3 Å². The van der Waals surface area contributed by atoms with Crippen LogP contribution < -0.4 is 4.90 Å². The molecule has 0 radical (unpaired) electrons. The fraction of sp³-hybridized carbons (Fsp3) is 0.536. The number of rotatable bonds is 4. The van der Waals surface area contributed by atoms with E-state index in [4.69, 9.17) is 5.10 Å². The normalized spacial score (nSPS) is 19.1. The molecule has 40 heavy (non-hydrogen) atoms. The number of hydrogen-bond acceptors (Lipinski definition) is 6. The first-order chi connectivity index (χ1) is 19.0. The van der Waals surface area contributed by atoms with Gasteiger partial charge in [0.05, 0.1) is 30.3 Å². The first-order valence-corrected chi connectivity index (χ1v) is 15.6. The Labute approximate surface area is 232 Å². The van der Waals surface area contributed by atoms with Gasteiger partial charge in [0.15, 0.2) is 5.82 Å². The van der Waals surface area contributed by atoms with Gasteiger partial charge in [0.1, 0.15) is 9.84 Å². The maximum Gasteiger partial charge on any atom is 0.264 e. The van der Waals surface area contributed by atoms with Crippen molar-refractivity contribution in [2.75, 3.05) is 29.5 Å². The molecule has 0 unspecified atom stereocenters. The second-order valence-corrected chi connectivity index (χ2v) is 13.5. The summed E-state index contributed by atoms with van der Waals surface area (Å²) in [7, 11) is -1.24. The third-order valence-corrected chi connectivity index (χ3v) is 10.5. The highest BCUT2D eigenvalue weighted by atomic mass is 32.2. The average Bonchev–Trinajstić information content (AvgIpc) is 3.46. The summed E-state index contributed by atoms with van der Waals surface area (Å²) in [5.74, 6) is 0.911. The van der Waals surface area contributed by atoms with E-state index >= 15 is 0 Å². The van der Waals surface area contributed by atoms with Gasteiger partial charge in [-0.15, -0.1) is 0 Å². The van der Waals surface area contributed by atoms with Crippen molar-refractivity contribution in [3.05, 3.63) is 46.4 Å². The van der Waals surface area contributed by atoms with E-state index in [1.54, 1.807) is 35.8 Å². The summed E-state index contributed by atoms with van der Waals surface area (Å²) in [5.41, 5.74) is 5.60. The van der Waals surface area contributed by atoms with Crippen LogP contribution in [0.2, 0.25) is 0 Å². The Balaban J connectivity index is 1.47. The summed E-state index contributed by atoms with van der Waals surface area (Å²) in [5, 5.41) is 9.33. The lowest BCUT2D eigenvalue weighted by atomic mass is 9.92. The molecule has 1 fully saturated rings. The lowest BCUT2D eigenvalue weighted by Gasteiger charge is -2.33. The van der Waals surface area contributed by atoms with E-state index in [0.29, 0.717) is 61.5 Å². The number of carbonyl (C=O) groups excluding carboxylic acids is 1. The Morgan fingerprint density at radius 3 is 2.50 bits per heavy atom. The number of aromatic nitrogens is 4. The van der Waals surface area contributed by atoms with Crippen LogP contribution in [0.5, 0.6) is 0 Å². The number of aryl methyl sites for hydroxylation is 2. The molecule has 6 rings (SSSR count). The highest BCUT2D eigenvalue weighted by Gasteiger charge is 2.35. The van der Waals surface area contributed by atoms with Gasteiger partial charge in [-0.2, -0.15) is 10.2 Å². The third kappa shape index (κ3) is 4.59. The van der Waals surface area contributed by atoms with Gasteiger partial charge in [0.25, 0.3) is 6.43 Å². The number of alkyl halides is 2. The highest BCUT2D eigenvalue weighted by Crippen LogP contribution is 2.44. The fourth-order valence-corrected chi connectivity index (χ4v) is 7.85. The number of carbonyl (C=O) groups is 1. The molecule has 214 valence electrons. The molecule has 0 aliphatic carbocycles. The molecule has 12 heteroatoms. The number of nitrogens with zero attached hydrogens (tertiary/aromatic N) is 6. The largest absolute Gasteiger partial charge is 0.338 e. The smallest absolute Gasteiger partial charge is 0.264 e. The molecule has 3 aromatic rings. The van der Waals surface area contributed by atoms with Gasteiger partial charge in [0.2, 0.25) is 5.91 Å². The monoisotopic (exact) mass is 572 g/mol. The number of sulfone groups is 1. The molecular formula is C28H34F2N6O3S. The summed E-state index contributed by atoms with van der Waals surface area (Å²) in [6, 6.07) is 3.43. The zero-order chi connectivity index (χ0) is 28.3. The van der Waals surface area contributed by atoms with Gasteiger partial charge in [-0.25, -0.2) is 17.2 Å². The number of hydrogen-bond donors (Lipinski definition) is 0. The van der Waals surface area contributed by atoms with Crippen molar-refractivity contribution in [1.29, 1.82) is 0 Å². The minimum absolute atomic E-state index is 0.0244. The maximum absolute atomic E-state index is 14.5. The Kier molecular flexibility index (Phi) is 6.71. The van der Waals surface area contributed by atoms with Gasteiger partial charge in [-0.05, 0) is 55.9 Å². The van der Waals surface area contributed by atoms with Crippen LogP contribution in [0.15, 0.2) is 18.3 Å². The molecule has 0 saturated carbocycles. The zero-order valence-corrected chi connectivity index (χ0v) is 23.8. The van der Waals surface area contributed by atoms with Gasteiger partial charge >= 0.3 is 0 Å². The average molecular weight is 573 g/mol. The van der Waals surface area contributed by atoms with Crippen LogP contribution >= 0.6 is 0 Å². The molecule has 0 atom stereocenters. The van der Waals surface area contributed by atoms with E-state index in [0.717, 1.165) is 35.4 Å². The number of anilines is 2. The Bertz CT molecular complexity index is 1580. The van der Waals surface area contributed by atoms with Crippen LogP contribution in [0.1, 0.15) is 66.7 Å². The van der Waals surface area contributed by atoms with Crippen molar-refractivity contribution in [2.45, 2.75) is 65.0 Å². The summed E-state index contributed by atoms with van der Waals surface area (Å²) < 4.78 is 56.9. The summed E-state index contributed by atoms with van der Waals surface area (Å²) >= 11 is 0. The molecule has 5 heterocycles. The lowest BCUT2D eigenvalue weighted by Crippen LogP contribution is -2.36. The molecule has 3 aliphatic rings. The van der Waals surface area contributed by atoms with Crippen molar-refractivity contribution < 1.29 is 22.0 Å². The Hall–Kier alpha value is -3.28. The Morgan fingerprint density at radius 2 is 1.85 bits per heavy atom. The van der Waals surface area contributed by atoms with E-state index in [1.807, 2.05) is 22.6 Å². The first kappa shape index (κ1) is 26.9. The number of benzene rings is 1. The Morgan fingerprint density at radius 1 is 1.10 bits per heavy atom. The first-order valence-electron chi connectivity index (χ1n) is 13.8. The molecule has 2 aromatic heterocycles. The highest BCUT2D eigenvalue weighted by molar-refractivity contribution is 7.91. The molecule has 3 aliphatic heterocycles. The molecule has 0 N–H and O–H groups in total. The fourth-order valence-electron chi connectivity index (χ4n) is 6.38. The van der Waals surface area contributed by atoms with E-state index in [-0.39, 0.29) is 29.0 Å². The van der Waals surface area contributed by atoms with E-state index in [9.17, 15) is 22.0 Å². The molecule has 9 nitrogen and oxygen atoms in total. The SMILES string of the molecule is CC(=O)N1CCc2c(c(N3CCCc4cc(-c5cnn(C)c5C)c(C(F)F)cc43)nn2C2CCS(=O)(=O)CC2)C1. The van der Waals surface area contributed by atoms with E-state index in [2.05, 4.69) is 5.10 Å². The second kappa shape index (κ2) is 9.97. The van der Waals surface area contributed by atoms with Gasteiger partial charge in [0, 0.05) is 67.2 Å². The van der Waals surface area contributed by atoms with Gasteiger partial charge in [-0.3, -0.25) is 14.2 Å². The van der Waals surface area contributed by atoms with Gasteiger partial charge < -0.3 is 9.80 Å². The van der Waals surface area contributed by atoms with Crippen LogP contribution in [0, 0.1) is 6.92 Å². The quantitative estimate of drug-likeness (QED) is 0.464.